The molecule has 0 amide bonds. The molecule has 1 aromatic rings. The predicted octanol–water partition coefficient (Wildman–Crippen LogP) is 3.13. The van der Waals surface area contributed by atoms with Gasteiger partial charge in [0.15, 0.2) is 0 Å². The molecule has 1 heterocycles. The Bertz CT molecular complexity index is 420. The number of methoxy groups -OCH3 is 1. The molecular weight excluding hydrogens is 238 g/mol. The van der Waals surface area contributed by atoms with E-state index >= 15 is 0 Å². The van der Waals surface area contributed by atoms with Crippen LogP contribution in [0.15, 0.2) is 18.5 Å². The minimum Gasteiger partial charge on any atom is -0.384 e. The quantitative estimate of drug-likeness (QED) is 0.827. The molecule has 0 aliphatic heterocycles. The molecule has 1 aromatic heterocycles. The smallest absolute Gasteiger partial charge is 0.0661 e. The van der Waals surface area contributed by atoms with Crippen LogP contribution in [0.2, 0.25) is 0 Å². The highest BCUT2D eigenvalue weighted by Crippen LogP contribution is 2.44. The van der Waals surface area contributed by atoms with Crippen LogP contribution in [0, 0.1) is 5.41 Å². The van der Waals surface area contributed by atoms with E-state index < -0.39 is 0 Å². The van der Waals surface area contributed by atoms with Gasteiger partial charge >= 0.3 is 0 Å². The first-order chi connectivity index (χ1) is 9.07. The summed E-state index contributed by atoms with van der Waals surface area (Å²) < 4.78 is 5.48. The van der Waals surface area contributed by atoms with Crippen molar-refractivity contribution in [1.29, 1.82) is 0 Å². The van der Waals surface area contributed by atoms with Crippen molar-refractivity contribution in [3.05, 3.63) is 18.5 Å². The number of hydrogen-bond acceptors (Lipinski definition) is 4. The molecule has 4 nitrogen and oxygen atoms in total. The lowest BCUT2D eigenvalue weighted by atomic mass is 9.64. The molecule has 0 saturated heterocycles. The van der Waals surface area contributed by atoms with Gasteiger partial charge in [0, 0.05) is 25.1 Å². The summed E-state index contributed by atoms with van der Waals surface area (Å²) in [7, 11) is 1.79. The average molecular weight is 263 g/mol. The Morgan fingerprint density at radius 2 is 2.11 bits per heavy atom. The predicted molar refractivity (Wildman–Crippen MR) is 79.6 cm³/mol. The van der Waals surface area contributed by atoms with Crippen LogP contribution >= 0.6 is 0 Å². The van der Waals surface area contributed by atoms with Crippen LogP contribution in [0.5, 0.6) is 0 Å². The fraction of sp³-hybridized carbons (Fsp3) is 0.667. The fourth-order valence-electron chi connectivity index (χ4n) is 2.62. The third-order valence-corrected chi connectivity index (χ3v) is 4.12. The molecule has 1 aliphatic carbocycles. The van der Waals surface area contributed by atoms with Crippen molar-refractivity contribution in [3.63, 3.8) is 0 Å². The zero-order valence-electron chi connectivity index (χ0n) is 12.4. The molecule has 2 N–H and O–H groups in total. The molecule has 2 unspecified atom stereocenters. The minimum absolute atomic E-state index is 0.168. The average Bonchev–Trinajstić information content (AvgIpc) is 2.41. The van der Waals surface area contributed by atoms with Gasteiger partial charge in [0.05, 0.1) is 29.9 Å². The summed E-state index contributed by atoms with van der Waals surface area (Å²) in [6, 6.07) is 2.57. The molecule has 106 valence electrons. The van der Waals surface area contributed by atoms with E-state index in [2.05, 4.69) is 42.5 Å². The fourth-order valence-corrected chi connectivity index (χ4v) is 2.62. The van der Waals surface area contributed by atoms with Crippen LogP contribution in [0.4, 0.5) is 11.4 Å². The maximum atomic E-state index is 5.48. The standard InChI is InChI=1S/C15H25N3O/c1-5-6-17-11-7-12(10-16-9-11)18-13-8-14(19-4)15(13,2)3/h7,9-10,13-14,17-18H,5-6,8H2,1-4H3. The SMILES string of the molecule is CCCNc1cncc(NC2CC(OC)C2(C)C)c1. The minimum atomic E-state index is 0.168. The Balaban J connectivity index is 1.96. The van der Waals surface area contributed by atoms with Crippen molar-refractivity contribution in [2.24, 2.45) is 5.41 Å². The van der Waals surface area contributed by atoms with Crippen LogP contribution < -0.4 is 10.6 Å². The van der Waals surface area contributed by atoms with E-state index in [0.717, 1.165) is 30.8 Å². The normalized spacial score (nSPS) is 24.6. The van der Waals surface area contributed by atoms with E-state index in [-0.39, 0.29) is 5.41 Å². The second-order valence-corrected chi connectivity index (χ2v) is 5.87. The molecule has 19 heavy (non-hydrogen) atoms. The Labute approximate surface area is 116 Å². The van der Waals surface area contributed by atoms with Gasteiger partial charge in [-0.3, -0.25) is 4.98 Å². The number of rotatable bonds is 6. The highest BCUT2D eigenvalue weighted by atomic mass is 16.5. The Kier molecular flexibility index (Phi) is 4.30. The van der Waals surface area contributed by atoms with E-state index in [1.807, 2.05) is 12.4 Å². The van der Waals surface area contributed by atoms with E-state index in [1.165, 1.54) is 0 Å². The Hall–Kier alpha value is -1.29. The first kappa shape index (κ1) is 14.1. The molecule has 1 fully saturated rings. The van der Waals surface area contributed by atoms with Gasteiger partial charge in [-0.05, 0) is 18.9 Å². The number of aromatic nitrogens is 1. The van der Waals surface area contributed by atoms with Crippen molar-refractivity contribution in [3.8, 4) is 0 Å². The molecule has 0 aromatic carbocycles. The van der Waals surface area contributed by atoms with E-state index in [4.69, 9.17) is 4.74 Å². The molecule has 1 aliphatic rings. The molecule has 2 atom stereocenters. The van der Waals surface area contributed by atoms with Gasteiger partial charge in [0.25, 0.3) is 0 Å². The van der Waals surface area contributed by atoms with Crippen molar-refractivity contribution in [1.82, 2.24) is 4.98 Å². The highest BCUT2D eigenvalue weighted by Gasteiger charge is 2.48. The maximum absolute atomic E-state index is 5.48. The molecule has 0 spiro atoms. The summed E-state index contributed by atoms with van der Waals surface area (Å²) in [6.45, 7) is 7.62. The van der Waals surface area contributed by atoms with Gasteiger partial charge in [0.2, 0.25) is 0 Å². The van der Waals surface area contributed by atoms with Gasteiger partial charge in [-0.1, -0.05) is 20.8 Å². The molecule has 0 radical (unpaired) electrons. The monoisotopic (exact) mass is 263 g/mol. The number of nitrogens with zero attached hydrogens (tertiary/aromatic N) is 1. The zero-order chi connectivity index (χ0) is 13.9. The molecule has 2 rings (SSSR count). The number of anilines is 2. The molecule has 4 heteroatoms. The van der Waals surface area contributed by atoms with Crippen LogP contribution in [0.1, 0.15) is 33.6 Å². The van der Waals surface area contributed by atoms with Crippen LogP contribution in [-0.4, -0.2) is 30.8 Å². The summed E-state index contributed by atoms with van der Waals surface area (Å²) in [4.78, 5) is 4.28. The lowest BCUT2D eigenvalue weighted by molar-refractivity contribution is -0.0794. The van der Waals surface area contributed by atoms with Gasteiger partial charge in [-0.25, -0.2) is 0 Å². The van der Waals surface area contributed by atoms with E-state index in [0.29, 0.717) is 12.1 Å². The lowest BCUT2D eigenvalue weighted by Crippen LogP contribution is -2.57. The Morgan fingerprint density at radius 1 is 1.37 bits per heavy atom. The zero-order valence-corrected chi connectivity index (χ0v) is 12.4. The second kappa shape index (κ2) is 5.78. The van der Waals surface area contributed by atoms with Crippen LogP contribution in [-0.2, 0) is 4.74 Å². The number of hydrogen-bond donors (Lipinski definition) is 2. The number of ether oxygens (including phenoxy) is 1. The third-order valence-electron chi connectivity index (χ3n) is 4.12. The van der Waals surface area contributed by atoms with Gasteiger partial charge < -0.3 is 15.4 Å². The van der Waals surface area contributed by atoms with Crippen molar-refractivity contribution >= 4 is 11.4 Å². The van der Waals surface area contributed by atoms with Crippen LogP contribution in [0.3, 0.4) is 0 Å². The topological polar surface area (TPSA) is 46.2 Å². The van der Waals surface area contributed by atoms with Gasteiger partial charge in [0.1, 0.15) is 0 Å². The summed E-state index contributed by atoms with van der Waals surface area (Å²) in [5, 5.41) is 6.92. The van der Waals surface area contributed by atoms with Gasteiger partial charge in [-0.2, -0.15) is 0 Å². The summed E-state index contributed by atoms with van der Waals surface area (Å²) in [6.07, 6.45) is 6.26. The third kappa shape index (κ3) is 3.00. The highest BCUT2D eigenvalue weighted by molar-refractivity contribution is 5.54. The largest absolute Gasteiger partial charge is 0.384 e. The van der Waals surface area contributed by atoms with Crippen molar-refractivity contribution < 1.29 is 4.74 Å². The molecule has 0 bridgehead atoms. The maximum Gasteiger partial charge on any atom is 0.0661 e. The van der Waals surface area contributed by atoms with Crippen LogP contribution in [0.25, 0.3) is 0 Å². The first-order valence-electron chi connectivity index (χ1n) is 7.06. The van der Waals surface area contributed by atoms with Gasteiger partial charge in [-0.15, -0.1) is 0 Å². The summed E-state index contributed by atoms with van der Waals surface area (Å²) in [5.41, 5.74) is 2.32. The molecular formula is C15H25N3O. The van der Waals surface area contributed by atoms with E-state index in [9.17, 15) is 0 Å². The summed E-state index contributed by atoms with van der Waals surface area (Å²) in [5.74, 6) is 0. The Morgan fingerprint density at radius 3 is 2.74 bits per heavy atom. The number of nitrogens with one attached hydrogen (secondary N) is 2. The van der Waals surface area contributed by atoms with Crippen molar-refractivity contribution in [2.75, 3.05) is 24.3 Å². The number of pyridine rings is 1. The van der Waals surface area contributed by atoms with E-state index in [1.54, 1.807) is 7.11 Å². The van der Waals surface area contributed by atoms with Crippen molar-refractivity contribution in [2.45, 2.75) is 45.8 Å². The first-order valence-corrected chi connectivity index (χ1v) is 7.06. The second-order valence-electron chi connectivity index (χ2n) is 5.87. The lowest BCUT2D eigenvalue weighted by Gasteiger charge is -2.51. The summed E-state index contributed by atoms with van der Waals surface area (Å²) >= 11 is 0. The molecule has 1 saturated carbocycles.